The molecular formula is C32H31Cl2N3O5S. The number of hydrogen-bond acceptors (Lipinski definition) is 9. The second-order valence-corrected chi connectivity index (χ2v) is 13.9. The number of rotatable bonds is 8. The Labute approximate surface area is 263 Å². The molecule has 4 atom stereocenters. The Bertz CT molecular complexity index is 1690. The van der Waals surface area contributed by atoms with Crippen LogP contribution in [0.4, 0.5) is 5.13 Å². The normalized spacial score (nSPS) is 24.9. The number of piperidine rings is 1. The fourth-order valence-corrected chi connectivity index (χ4v) is 8.77. The monoisotopic (exact) mass is 639 g/mol. The van der Waals surface area contributed by atoms with Crippen LogP contribution in [-0.2, 0) is 20.8 Å². The van der Waals surface area contributed by atoms with Crippen molar-refractivity contribution < 1.29 is 23.5 Å². The molecule has 4 fully saturated rings. The number of ether oxygens (including phenoxy) is 3. The van der Waals surface area contributed by atoms with E-state index in [1.807, 2.05) is 30.3 Å². The van der Waals surface area contributed by atoms with E-state index in [2.05, 4.69) is 10.1 Å². The second kappa shape index (κ2) is 11.0. The fourth-order valence-electron chi connectivity index (χ4n) is 7.08. The summed E-state index contributed by atoms with van der Waals surface area (Å²) in [6, 6.07) is 9.71. The summed E-state index contributed by atoms with van der Waals surface area (Å²) in [5.41, 5.74) is 4.98. The first-order valence-electron chi connectivity index (χ1n) is 14.9. The van der Waals surface area contributed by atoms with Crippen LogP contribution in [0.5, 0.6) is 0 Å². The van der Waals surface area contributed by atoms with Gasteiger partial charge in [0.2, 0.25) is 0 Å². The molecule has 4 aliphatic rings. The maximum Gasteiger partial charge on any atom is 0.337 e. The number of thiazole rings is 1. The first-order chi connectivity index (χ1) is 21.0. The Hall–Kier alpha value is -2.69. The minimum Gasteiger partial charge on any atom is -0.465 e. The van der Waals surface area contributed by atoms with Crippen LogP contribution in [0.2, 0.25) is 10.0 Å². The highest BCUT2D eigenvalue weighted by Gasteiger charge is 2.47. The lowest BCUT2D eigenvalue weighted by molar-refractivity contribution is 0.0122. The van der Waals surface area contributed by atoms with E-state index >= 15 is 0 Å². The Morgan fingerprint density at radius 1 is 1.14 bits per heavy atom. The maximum atomic E-state index is 12.5. The molecule has 2 saturated heterocycles. The molecule has 2 aromatic carbocycles. The van der Waals surface area contributed by atoms with Crippen LogP contribution in [0.3, 0.4) is 0 Å². The molecule has 2 aromatic heterocycles. The summed E-state index contributed by atoms with van der Waals surface area (Å²) in [4.78, 5) is 20.0. The highest BCUT2D eigenvalue weighted by Crippen LogP contribution is 2.48. The minimum absolute atomic E-state index is 0.143. The highest BCUT2D eigenvalue weighted by atomic mass is 35.5. The van der Waals surface area contributed by atoms with Crippen LogP contribution < -0.4 is 4.90 Å². The standard InChI is InChI=1S/C32H31Cl2N3O5S/c1-39-31(38)18-10-21(17-7-8-40-14-17)28-26(11-18)43-32(35-28)37-13-19-9-20(37)12-25(19)41-15-22-29(36-42-30(22)16-5-6-16)27-23(33)3-2-4-24(27)34/h2-4,10-11,16-17,19-20,25H,5-9,12-15H2,1H3/t17?,19-,20-,25+/m0/s1. The van der Waals surface area contributed by atoms with Gasteiger partial charge in [0.15, 0.2) is 5.13 Å². The highest BCUT2D eigenvalue weighted by molar-refractivity contribution is 7.22. The van der Waals surface area contributed by atoms with Gasteiger partial charge in [0, 0.05) is 48.1 Å². The zero-order chi connectivity index (χ0) is 29.2. The Balaban J connectivity index is 1.02. The summed E-state index contributed by atoms with van der Waals surface area (Å²) in [6.07, 6.45) is 5.27. The molecule has 0 amide bonds. The third-order valence-electron chi connectivity index (χ3n) is 9.43. The molecule has 8 rings (SSSR count). The lowest BCUT2D eigenvalue weighted by Gasteiger charge is -2.31. The summed E-state index contributed by atoms with van der Waals surface area (Å²) in [6.45, 7) is 2.69. The Morgan fingerprint density at radius 3 is 2.67 bits per heavy atom. The van der Waals surface area contributed by atoms with E-state index in [0.717, 1.165) is 77.5 Å². The average molecular weight is 641 g/mol. The third-order valence-corrected chi connectivity index (χ3v) is 11.1. The molecule has 0 N–H and O–H groups in total. The summed E-state index contributed by atoms with van der Waals surface area (Å²) in [5.74, 6) is 1.60. The number of aromatic nitrogens is 2. The van der Waals surface area contributed by atoms with E-state index in [9.17, 15) is 4.79 Å². The summed E-state index contributed by atoms with van der Waals surface area (Å²) < 4.78 is 24.2. The number of halogens is 2. The number of carbonyl (C=O) groups is 1. The van der Waals surface area contributed by atoms with Gasteiger partial charge in [-0.05, 0) is 61.9 Å². The second-order valence-electron chi connectivity index (χ2n) is 12.1. The Kier molecular flexibility index (Phi) is 7.14. The first-order valence-corrected chi connectivity index (χ1v) is 16.5. The van der Waals surface area contributed by atoms with Crippen LogP contribution in [0.15, 0.2) is 34.9 Å². The van der Waals surface area contributed by atoms with Crippen molar-refractivity contribution in [2.24, 2.45) is 5.92 Å². The van der Waals surface area contributed by atoms with E-state index in [-0.39, 0.29) is 18.0 Å². The summed E-state index contributed by atoms with van der Waals surface area (Å²) in [5, 5.41) is 6.53. The largest absolute Gasteiger partial charge is 0.465 e. The van der Waals surface area contributed by atoms with Gasteiger partial charge in [-0.25, -0.2) is 9.78 Å². The van der Waals surface area contributed by atoms with Gasteiger partial charge in [-0.3, -0.25) is 0 Å². The molecule has 0 radical (unpaired) electrons. The SMILES string of the molecule is COC(=O)c1cc(C2CCOC2)c2nc(N3C[C@@H]4C[C@H]3C[C@H]4OCc3c(-c4c(Cl)cccc4Cl)noc3C3CC3)sc2c1. The van der Waals surface area contributed by atoms with Crippen LogP contribution >= 0.6 is 34.5 Å². The zero-order valence-corrected chi connectivity index (χ0v) is 26.0. The molecule has 0 spiro atoms. The number of nitrogens with zero attached hydrogens (tertiary/aromatic N) is 3. The predicted molar refractivity (Wildman–Crippen MR) is 166 cm³/mol. The van der Waals surface area contributed by atoms with E-state index in [0.29, 0.717) is 58.0 Å². The van der Waals surface area contributed by atoms with E-state index in [4.69, 9.17) is 46.9 Å². The maximum absolute atomic E-state index is 12.5. The number of hydrogen-bond donors (Lipinski definition) is 0. The molecule has 224 valence electrons. The molecule has 43 heavy (non-hydrogen) atoms. The number of benzene rings is 2. The van der Waals surface area contributed by atoms with Crippen molar-refractivity contribution in [3.8, 4) is 11.3 Å². The molecule has 2 aliphatic carbocycles. The van der Waals surface area contributed by atoms with Gasteiger partial charge in [-0.2, -0.15) is 0 Å². The van der Waals surface area contributed by atoms with Crippen molar-refractivity contribution in [3.05, 3.63) is 62.8 Å². The minimum atomic E-state index is -0.324. The number of anilines is 1. The van der Waals surface area contributed by atoms with Gasteiger partial charge >= 0.3 is 5.97 Å². The van der Waals surface area contributed by atoms with Crippen molar-refractivity contribution >= 4 is 55.9 Å². The first kappa shape index (κ1) is 27.8. The van der Waals surface area contributed by atoms with Crippen molar-refractivity contribution in [1.29, 1.82) is 0 Å². The van der Waals surface area contributed by atoms with Gasteiger partial charge in [0.1, 0.15) is 11.5 Å². The molecule has 4 heterocycles. The lowest BCUT2D eigenvalue weighted by Crippen LogP contribution is -2.38. The van der Waals surface area contributed by atoms with Crippen molar-refractivity contribution in [3.63, 3.8) is 0 Å². The number of carbonyl (C=O) groups excluding carboxylic acids is 1. The van der Waals surface area contributed by atoms with Crippen LogP contribution in [-0.4, -0.2) is 55.1 Å². The van der Waals surface area contributed by atoms with Gasteiger partial charge in [0.05, 0.1) is 52.3 Å². The lowest BCUT2D eigenvalue weighted by atomic mass is 9.95. The number of esters is 1. The van der Waals surface area contributed by atoms with Gasteiger partial charge in [-0.1, -0.05) is 45.8 Å². The third kappa shape index (κ3) is 4.93. The summed E-state index contributed by atoms with van der Waals surface area (Å²) in [7, 11) is 1.42. The predicted octanol–water partition coefficient (Wildman–Crippen LogP) is 7.61. The zero-order valence-electron chi connectivity index (χ0n) is 23.7. The molecule has 11 heteroatoms. The van der Waals surface area contributed by atoms with Gasteiger partial charge in [0.25, 0.3) is 0 Å². The van der Waals surface area contributed by atoms with Gasteiger partial charge < -0.3 is 23.6 Å². The topological polar surface area (TPSA) is 86.9 Å². The quantitative estimate of drug-likeness (QED) is 0.182. The smallest absolute Gasteiger partial charge is 0.337 e. The van der Waals surface area contributed by atoms with E-state index in [1.54, 1.807) is 11.3 Å². The Morgan fingerprint density at radius 2 is 1.98 bits per heavy atom. The molecular weight excluding hydrogens is 609 g/mol. The van der Waals surface area contributed by atoms with E-state index in [1.165, 1.54) is 7.11 Å². The fraction of sp³-hybridized carbons (Fsp3) is 0.469. The molecule has 8 nitrogen and oxygen atoms in total. The van der Waals surface area contributed by atoms with Crippen LogP contribution in [0.25, 0.3) is 21.5 Å². The molecule has 4 aromatic rings. The van der Waals surface area contributed by atoms with Crippen molar-refractivity contribution in [1.82, 2.24) is 10.1 Å². The van der Waals surface area contributed by atoms with Crippen LogP contribution in [0, 0.1) is 5.92 Å². The van der Waals surface area contributed by atoms with Crippen LogP contribution in [0.1, 0.15) is 71.2 Å². The summed E-state index contributed by atoms with van der Waals surface area (Å²) >= 11 is 14.8. The molecule has 2 bridgehead atoms. The van der Waals surface area contributed by atoms with Crippen molar-refractivity contribution in [2.75, 3.05) is 31.8 Å². The van der Waals surface area contributed by atoms with E-state index < -0.39 is 0 Å². The number of methoxy groups -OCH3 is 1. The molecule has 2 saturated carbocycles. The molecule has 1 unspecified atom stereocenters. The average Bonchev–Trinajstić information content (AvgIpc) is 3.52. The molecule has 2 aliphatic heterocycles. The number of fused-ring (bicyclic) bond motifs is 3. The van der Waals surface area contributed by atoms with Gasteiger partial charge in [-0.15, -0.1) is 0 Å². The van der Waals surface area contributed by atoms with Crippen molar-refractivity contribution in [2.45, 2.75) is 62.7 Å².